The molecule has 0 aromatic heterocycles. The third kappa shape index (κ3) is 4.07. The van der Waals surface area contributed by atoms with Gasteiger partial charge in [-0.1, -0.05) is 12.1 Å². The van der Waals surface area contributed by atoms with Gasteiger partial charge in [0.25, 0.3) is 0 Å². The number of rotatable bonds is 5. The molecule has 1 aromatic rings. The third-order valence-electron chi connectivity index (χ3n) is 2.19. The first-order valence-corrected chi connectivity index (χ1v) is 6.72. The van der Waals surface area contributed by atoms with Crippen LogP contribution in [0.2, 0.25) is 0 Å². The van der Waals surface area contributed by atoms with Crippen LogP contribution in [0.4, 0.5) is 0 Å². The summed E-state index contributed by atoms with van der Waals surface area (Å²) in [5, 5.41) is 8.46. The Bertz CT molecular complexity index is 519. The molecule has 0 amide bonds. The van der Waals surface area contributed by atoms with E-state index in [1.54, 1.807) is 25.1 Å². The van der Waals surface area contributed by atoms with E-state index in [4.69, 9.17) is 9.84 Å². The number of aryl methyl sites for hydroxylation is 1. The van der Waals surface area contributed by atoms with Crippen LogP contribution in [-0.4, -0.2) is 32.4 Å². The van der Waals surface area contributed by atoms with E-state index in [2.05, 4.69) is 0 Å². The van der Waals surface area contributed by atoms with Crippen LogP contribution < -0.4 is 4.74 Å². The van der Waals surface area contributed by atoms with Gasteiger partial charge >= 0.3 is 5.97 Å². The summed E-state index contributed by atoms with van der Waals surface area (Å²) in [4.78, 5) is 10.4. The topological polar surface area (TPSA) is 80.7 Å². The number of benzene rings is 1. The number of methoxy groups -OCH3 is 1. The molecule has 1 rings (SSSR count). The molecular formula is C11H14O5S. The van der Waals surface area contributed by atoms with Gasteiger partial charge in [0.15, 0.2) is 9.84 Å². The number of sulfone groups is 1. The largest absolute Gasteiger partial charge is 0.496 e. The van der Waals surface area contributed by atoms with Crippen molar-refractivity contribution in [2.24, 2.45) is 0 Å². The van der Waals surface area contributed by atoms with E-state index in [0.717, 1.165) is 5.56 Å². The molecular weight excluding hydrogens is 244 g/mol. The molecule has 0 atom stereocenters. The van der Waals surface area contributed by atoms with Gasteiger partial charge in [-0.15, -0.1) is 0 Å². The van der Waals surface area contributed by atoms with Crippen LogP contribution in [0.1, 0.15) is 11.1 Å². The number of hydrogen-bond donors (Lipinski definition) is 1. The molecule has 0 saturated heterocycles. The summed E-state index contributed by atoms with van der Waals surface area (Å²) in [7, 11) is -2.08. The molecule has 0 aliphatic heterocycles. The Kier molecular flexibility index (Phi) is 4.11. The second kappa shape index (κ2) is 5.18. The Morgan fingerprint density at radius 1 is 1.41 bits per heavy atom. The van der Waals surface area contributed by atoms with Crippen LogP contribution >= 0.6 is 0 Å². The van der Waals surface area contributed by atoms with E-state index in [1.807, 2.05) is 0 Å². The normalized spacial score (nSPS) is 11.2. The van der Waals surface area contributed by atoms with Crippen molar-refractivity contribution in [3.05, 3.63) is 29.3 Å². The van der Waals surface area contributed by atoms with Gasteiger partial charge in [0.05, 0.1) is 12.9 Å². The summed E-state index contributed by atoms with van der Waals surface area (Å²) in [6.45, 7) is 1.80. The number of ether oxygens (including phenoxy) is 1. The minimum absolute atomic E-state index is 0.274. The van der Waals surface area contributed by atoms with Crippen molar-refractivity contribution >= 4 is 15.8 Å². The Morgan fingerprint density at radius 3 is 2.53 bits per heavy atom. The summed E-state index contributed by atoms with van der Waals surface area (Å²) >= 11 is 0. The van der Waals surface area contributed by atoms with Gasteiger partial charge in [-0.25, -0.2) is 8.42 Å². The molecule has 1 N–H and O–H groups in total. The lowest BCUT2D eigenvalue weighted by atomic mass is 10.1. The van der Waals surface area contributed by atoms with E-state index < -0.39 is 21.6 Å². The van der Waals surface area contributed by atoms with Gasteiger partial charge < -0.3 is 9.84 Å². The molecule has 0 bridgehead atoms. The average molecular weight is 258 g/mol. The highest BCUT2D eigenvalue weighted by molar-refractivity contribution is 7.91. The van der Waals surface area contributed by atoms with Crippen LogP contribution in [-0.2, 0) is 20.4 Å². The fourth-order valence-corrected chi connectivity index (χ4v) is 2.69. The second-order valence-corrected chi connectivity index (χ2v) is 5.79. The summed E-state index contributed by atoms with van der Waals surface area (Å²) in [6, 6.07) is 4.96. The van der Waals surface area contributed by atoms with Crippen LogP contribution in [0.5, 0.6) is 5.75 Å². The SMILES string of the molecule is COc1ccc(CS(=O)(=O)CC(=O)O)cc1C. The van der Waals surface area contributed by atoms with Gasteiger partial charge in [-0.2, -0.15) is 0 Å². The number of aliphatic carboxylic acids is 1. The predicted octanol–water partition coefficient (Wildman–Crippen LogP) is 1.00. The molecule has 0 aliphatic rings. The molecule has 0 saturated carbocycles. The highest BCUT2D eigenvalue weighted by Crippen LogP contribution is 2.19. The fourth-order valence-electron chi connectivity index (χ4n) is 1.52. The third-order valence-corrected chi connectivity index (χ3v) is 3.65. The molecule has 17 heavy (non-hydrogen) atoms. The summed E-state index contributed by atoms with van der Waals surface area (Å²) in [6.07, 6.45) is 0. The zero-order valence-corrected chi connectivity index (χ0v) is 10.5. The van der Waals surface area contributed by atoms with E-state index in [0.29, 0.717) is 11.3 Å². The monoisotopic (exact) mass is 258 g/mol. The Hall–Kier alpha value is -1.56. The van der Waals surface area contributed by atoms with Gasteiger partial charge in [0.1, 0.15) is 11.5 Å². The second-order valence-electron chi connectivity index (χ2n) is 3.73. The zero-order valence-electron chi connectivity index (χ0n) is 9.63. The molecule has 5 nitrogen and oxygen atoms in total. The lowest BCUT2D eigenvalue weighted by molar-refractivity contribution is -0.134. The first-order chi connectivity index (χ1) is 7.84. The molecule has 6 heteroatoms. The Labute approximate surface area is 100.0 Å². The molecule has 1 aromatic carbocycles. The molecule has 0 fully saturated rings. The van der Waals surface area contributed by atoms with Gasteiger partial charge in [-0.05, 0) is 24.1 Å². The van der Waals surface area contributed by atoms with E-state index >= 15 is 0 Å². The van der Waals surface area contributed by atoms with Crippen molar-refractivity contribution < 1.29 is 23.1 Å². The van der Waals surface area contributed by atoms with E-state index in [9.17, 15) is 13.2 Å². The number of carbonyl (C=O) groups is 1. The molecule has 0 unspecified atom stereocenters. The van der Waals surface area contributed by atoms with Crippen molar-refractivity contribution in [3.8, 4) is 5.75 Å². The maximum Gasteiger partial charge on any atom is 0.318 e. The van der Waals surface area contributed by atoms with Gasteiger partial charge in [0.2, 0.25) is 0 Å². The minimum Gasteiger partial charge on any atom is -0.496 e. The lowest BCUT2D eigenvalue weighted by Crippen LogP contribution is -2.17. The van der Waals surface area contributed by atoms with Crippen LogP contribution in [0, 0.1) is 6.92 Å². The summed E-state index contributed by atoms with van der Waals surface area (Å²) in [5.74, 6) is -1.79. The molecule has 0 heterocycles. The average Bonchev–Trinajstić information content (AvgIpc) is 2.14. The quantitative estimate of drug-likeness (QED) is 0.852. The Morgan fingerprint density at radius 2 is 2.06 bits per heavy atom. The molecule has 0 radical (unpaired) electrons. The van der Waals surface area contributed by atoms with Crippen LogP contribution in [0.3, 0.4) is 0 Å². The first-order valence-electron chi connectivity index (χ1n) is 4.90. The highest BCUT2D eigenvalue weighted by atomic mass is 32.2. The zero-order chi connectivity index (χ0) is 13.1. The van der Waals surface area contributed by atoms with E-state index in [-0.39, 0.29) is 5.75 Å². The van der Waals surface area contributed by atoms with Crippen LogP contribution in [0.25, 0.3) is 0 Å². The van der Waals surface area contributed by atoms with Crippen molar-refractivity contribution in [3.63, 3.8) is 0 Å². The lowest BCUT2D eigenvalue weighted by Gasteiger charge is -2.07. The Balaban J connectivity index is 2.89. The van der Waals surface area contributed by atoms with Crippen molar-refractivity contribution in [2.75, 3.05) is 12.9 Å². The first kappa shape index (κ1) is 13.5. The number of hydrogen-bond acceptors (Lipinski definition) is 4. The molecule has 94 valence electrons. The maximum absolute atomic E-state index is 11.5. The van der Waals surface area contributed by atoms with E-state index in [1.165, 1.54) is 7.11 Å². The summed E-state index contributed by atoms with van der Waals surface area (Å²) in [5.41, 5.74) is 1.38. The number of carboxylic acids is 1. The maximum atomic E-state index is 11.5. The predicted molar refractivity (Wildman–Crippen MR) is 62.9 cm³/mol. The molecule has 0 aliphatic carbocycles. The molecule has 0 spiro atoms. The summed E-state index contributed by atoms with van der Waals surface area (Å²) < 4.78 is 28.0. The minimum atomic E-state index is -3.61. The standard InChI is InChI=1S/C11H14O5S/c1-8-5-9(3-4-10(8)16-2)6-17(14,15)7-11(12)13/h3-5H,6-7H2,1-2H3,(H,12,13). The van der Waals surface area contributed by atoms with Gasteiger partial charge in [0, 0.05) is 0 Å². The van der Waals surface area contributed by atoms with Crippen molar-refractivity contribution in [1.82, 2.24) is 0 Å². The van der Waals surface area contributed by atoms with Crippen molar-refractivity contribution in [2.45, 2.75) is 12.7 Å². The van der Waals surface area contributed by atoms with Crippen LogP contribution in [0.15, 0.2) is 18.2 Å². The van der Waals surface area contributed by atoms with Gasteiger partial charge in [-0.3, -0.25) is 4.79 Å². The fraction of sp³-hybridized carbons (Fsp3) is 0.364. The highest BCUT2D eigenvalue weighted by Gasteiger charge is 2.17. The number of carboxylic acid groups (broad SMARTS) is 1. The van der Waals surface area contributed by atoms with Crippen molar-refractivity contribution in [1.29, 1.82) is 0 Å². The smallest absolute Gasteiger partial charge is 0.318 e.